The lowest BCUT2D eigenvalue weighted by Crippen LogP contribution is -2.21. The van der Waals surface area contributed by atoms with E-state index in [0.29, 0.717) is 67.5 Å². The van der Waals surface area contributed by atoms with Crippen LogP contribution in [-0.2, 0) is 0 Å². The number of aryl methyl sites for hydroxylation is 2. The van der Waals surface area contributed by atoms with Gasteiger partial charge in [0.05, 0.1) is 70.3 Å². The van der Waals surface area contributed by atoms with E-state index < -0.39 is 12.1 Å². The molecule has 14 nitrogen and oxygen atoms in total. The molecule has 0 bridgehead atoms. The summed E-state index contributed by atoms with van der Waals surface area (Å²) >= 11 is 2.82. The standard InChI is InChI=1S/C46H38N12O2S2/c1-27-47-23-35(39(51-27)30-12-7-5-8-13-30)53-43(59)54-36-24-48-28(2)52-40(36)32-20-18-29(19-21-32)33-16-11-17-34(22-33)42-38(26-50-46(58-42)62-4)56-44(60)55-37-25-49-45(61-3)57-41(37)31-14-9-6-10-15-31/h5-26H,1-4H3,(H2,53,54,59)(H2,55,56,60). The van der Waals surface area contributed by atoms with Crippen molar-refractivity contribution < 1.29 is 9.59 Å². The molecule has 4 aromatic heterocycles. The van der Waals surface area contributed by atoms with Crippen molar-refractivity contribution in [2.45, 2.75) is 24.2 Å². The molecule has 0 radical (unpaired) electrons. The second-order valence-electron chi connectivity index (χ2n) is 13.6. The fourth-order valence-electron chi connectivity index (χ4n) is 6.52. The van der Waals surface area contributed by atoms with Crippen molar-refractivity contribution in [3.8, 4) is 56.2 Å². The Morgan fingerprint density at radius 3 is 1.21 bits per heavy atom. The van der Waals surface area contributed by atoms with E-state index in [1.165, 1.54) is 23.5 Å². The Hall–Kier alpha value is -7.56. The molecule has 0 saturated carbocycles. The Bertz CT molecular complexity index is 2900. The molecular weight excluding hydrogens is 817 g/mol. The maximum absolute atomic E-state index is 13.6. The van der Waals surface area contributed by atoms with Crippen LogP contribution in [0.1, 0.15) is 11.6 Å². The first-order chi connectivity index (χ1) is 30.2. The molecule has 0 aliphatic heterocycles. The van der Waals surface area contributed by atoms with Crippen LogP contribution in [0.25, 0.3) is 56.2 Å². The van der Waals surface area contributed by atoms with E-state index in [9.17, 15) is 9.59 Å². The smallest absolute Gasteiger partial charge is 0.304 e. The molecule has 0 atom stereocenters. The number of carbonyl (C=O) groups is 2. The zero-order valence-corrected chi connectivity index (χ0v) is 35.5. The molecule has 306 valence electrons. The number of carbonyl (C=O) groups excluding carboxylic acids is 2. The lowest BCUT2D eigenvalue weighted by atomic mass is 9.99. The molecule has 0 aliphatic rings. The van der Waals surface area contributed by atoms with E-state index in [-0.39, 0.29) is 0 Å². The molecule has 8 aromatic rings. The van der Waals surface area contributed by atoms with Crippen LogP contribution < -0.4 is 21.3 Å². The number of nitrogens with one attached hydrogen (secondary N) is 4. The Kier molecular flexibility index (Phi) is 12.5. The summed E-state index contributed by atoms with van der Waals surface area (Å²) in [4.78, 5) is 63.3. The van der Waals surface area contributed by atoms with Crippen molar-refractivity contribution in [2.75, 3.05) is 33.8 Å². The van der Waals surface area contributed by atoms with Gasteiger partial charge in [-0.3, -0.25) is 0 Å². The minimum absolute atomic E-state index is 0.421. The van der Waals surface area contributed by atoms with Crippen molar-refractivity contribution in [2.24, 2.45) is 0 Å². The third-order valence-corrected chi connectivity index (χ3v) is 10.6. The number of urea groups is 2. The summed E-state index contributed by atoms with van der Waals surface area (Å²) in [7, 11) is 0. The zero-order chi connectivity index (χ0) is 43.0. The molecule has 0 saturated heterocycles. The molecule has 0 fully saturated rings. The molecule has 0 unspecified atom stereocenters. The highest BCUT2D eigenvalue weighted by Crippen LogP contribution is 2.34. The van der Waals surface area contributed by atoms with Crippen LogP contribution in [0.3, 0.4) is 0 Å². The van der Waals surface area contributed by atoms with E-state index >= 15 is 0 Å². The summed E-state index contributed by atoms with van der Waals surface area (Å²) in [6.45, 7) is 3.60. The molecule has 8 rings (SSSR count). The highest BCUT2D eigenvalue weighted by molar-refractivity contribution is 7.98. The van der Waals surface area contributed by atoms with E-state index in [1.807, 2.05) is 122 Å². The predicted octanol–water partition coefficient (Wildman–Crippen LogP) is 10.5. The van der Waals surface area contributed by atoms with Gasteiger partial charge in [0.25, 0.3) is 0 Å². The number of aromatic nitrogens is 8. The summed E-state index contributed by atoms with van der Waals surface area (Å²) in [6, 6.07) is 34.0. The largest absolute Gasteiger partial charge is 0.323 e. The Labute approximate surface area is 366 Å². The van der Waals surface area contributed by atoms with Crippen molar-refractivity contribution in [1.82, 2.24) is 39.9 Å². The minimum Gasteiger partial charge on any atom is -0.304 e. The number of rotatable bonds is 11. The fraction of sp³-hybridized carbons (Fsp3) is 0.0870. The number of benzene rings is 4. The topological polar surface area (TPSA) is 185 Å². The van der Waals surface area contributed by atoms with Gasteiger partial charge in [0.1, 0.15) is 11.6 Å². The first-order valence-electron chi connectivity index (χ1n) is 19.2. The minimum atomic E-state index is -0.497. The number of hydrogen-bond donors (Lipinski definition) is 4. The van der Waals surface area contributed by atoms with Gasteiger partial charge in [-0.2, -0.15) is 0 Å². The molecule has 4 heterocycles. The lowest BCUT2D eigenvalue weighted by molar-refractivity contribution is 0.261. The molecule has 0 aliphatic carbocycles. The molecule has 4 N–H and O–H groups in total. The van der Waals surface area contributed by atoms with Crippen LogP contribution >= 0.6 is 23.5 Å². The van der Waals surface area contributed by atoms with Gasteiger partial charge in [-0.05, 0) is 43.6 Å². The summed E-state index contributed by atoms with van der Waals surface area (Å²) in [6.07, 6.45) is 10.2. The molecular formula is C46H38N12O2S2. The highest BCUT2D eigenvalue weighted by Gasteiger charge is 2.18. The lowest BCUT2D eigenvalue weighted by Gasteiger charge is -2.15. The van der Waals surface area contributed by atoms with Gasteiger partial charge in [0.2, 0.25) is 0 Å². The summed E-state index contributed by atoms with van der Waals surface area (Å²) in [5.74, 6) is 1.13. The van der Waals surface area contributed by atoms with Gasteiger partial charge in [-0.15, -0.1) is 0 Å². The second-order valence-corrected chi connectivity index (χ2v) is 15.2. The number of nitrogens with zero attached hydrogens (tertiary/aromatic N) is 8. The van der Waals surface area contributed by atoms with Gasteiger partial charge >= 0.3 is 12.1 Å². The van der Waals surface area contributed by atoms with Crippen LogP contribution in [0.4, 0.5) is 32.3 Å². The van der Waals surface area contributed by atoms with Crippen molar-refractivity contribution >= 4 is 58.3 Å². The average Bonchev–Trinajstić information content (AvgIpc) is 3.31. The van der Waals surface area contributed by atoms with Gasteiger partial charge in [-0.1, -0.05) is 127 Å². The first kappa shape index (κ1) is 41.2. The van der Waals surface area contributed by atoms with Crippen LogP contribution in [0, 0.1) is 13.8 Å². The third kappa shape index (κ3) is 9.57. The van der Waals surface area contributed by atoms with E-state index in [4.69, 9.17) is 9.97 Å². The number of anilines is 4. The van der Waals surface area contributed by atoms with Crippen molar-refractivity contribution in [1.29, 1.82) is 0 Å². The van der Waals surface area contributed by atoms with Gasteiger partial charge in [0, 0.05) is 22.3 Å². The van der Waals surface area contributed by atoms with E-state index in [0.717, 1.165) is 33.4 Å². The maximum Gasteiger partial charge on any atom is 0.323 e. The molecule has 62 heavy (non-hydrogen) atoms. The van der Waals surface area contributed by atoms with Gasteiger partial charge in [-0.25, -0.2) is 49.5 Å². The Balaban J connectivity index is 1.02. The van der Waals surface area contributed by atoms with Crippen LogP contribution in [0.5, 0.6) is 0 Å². The summed E-state index contributed by atoms with van der Waals surface area (Å²) in [5, 5.41) is 12.8. The molecule has 0 spiro atoms. The van der Waals surface area contributed by atoms with Gasteiger partial charge < -0.3 is 21.3 Å². The highest BCUT2D eigenvalue weighted by atomic mass is 32.2. The predicted molar refractivity (Wildman–Crippen MR) is 247 cm³/mol. The number of thioether (sulfide) groups is 2. The fourth-order valence-corrected chi connectivity index (χ4v) is 7.21. The number of hydrogen-bond acceptors (Lipinski definition) is 12. The zero-order valence-electron chi connectivity index (χ0n) is 33.9. The average molecular weight is 855 g/mol. The van der Waals surface area contributed by atoms with Crippen LogP contribution in [-0.4, -0.2) is 64.4 Å². The van der Waals surface area contributed by atoms with E-state index in [1.54, 1.807) is 38.6 Å². The van der Waals surface area contributed by atoms with Crippen molar-refractivity contribution in [3.05, 3.63) is 146 Å². The quantitative estimate of drug-likeness (QED) is 0.0714. The normalized spacial score (nSPS) is 10.8. The first-order valence-corrected chi connectivity index (χ1v) is 21.7. The SMILES string of the molecule is CSc1ncc(NC(=O)Nc2cnc(SC)nc2-c2cccc(-c3ccc(-c4nc(C)ncc4NC(=O)Nc4cnc(C)nc4-c4ccccc4)cc3)c2)c(-c2ccccc2)n1. The van der Waals surface area contributed by atoms with Crippen molar-refractivity contribution in [3.63, 3.8) is 0 Å². The van der Waals surface area contributed by atoms with Gasteiger partial charge in [0.15, 0.2) is 10.3 Å². The number of amides is 4. The van der Waals surface area contributed by atoms with E-state index in [2.05, 4.69) is 51.2 Å². The summed E-state index contributed by atoms with van der Waals surface area (Å²) < 4.78 is 0. The van der Waals surface area contributed by atoms with Crippen LogP contribution in [0.2, 0.25) is 0 Å². The summed E-state index contributed by atoms with van der Waals surface area (Å²) in [5.41, 5.74) is 9.16. The van der Waals surface area contributed by atoms with Crippen LogP contribution in [0.15, 0.2) is 144 Å². The third-order valence-electron chi connectivity index (χ3n) is 9.43. The second kappa shape index (κ2) is 18.8. The molecule has 16 heteroatoms. The maximum atomic E-state index is 13.6. The Morgan fingerprint density at radius 2 is 0.758 bits per heavy atom. The molecule has 4 amide bonds. The monoisotopic (exact) mass is 854 g/mol. The Morgan fingerprint density at radius 1 is 0.403 bits per heavy atom. The molecule has 4 aromatic carbocycles.